The molecule has 0 N–H and O–H groups in total. The van der Waals surface area contributed by atoms with E-state index in [1.165, 1.54) is 7.11 Å². The number of hydrogen-bond acceptors (Lipinski definition) is 7. The number of carbonyl (C=O) groups excluding carboxylic acids is 2. The fraction of sp³-hybridized carbons (Fsp3) is 0.389. The highest BCUT2D eigenvalue weighted by Crippen LogP contribution is 2.36. The maximum atomic E-state index is 12.8. The third-order valence-electron chi connectivity index (χ3n) is 3.96. The molecule has 0 radical (unpaired) electrons. The maximum absolute atomic E-state index is 12.8. The number of nitrogens with zero attached hydrogens (tertiary/aromatic N) is 1. The first-order chi connectivity index (χ1) is 12.4. The molecule has 0 saturated carbocycles. The van der Waals surface area contributed by atoms with Gasteiger partial charge in [0.2, 0.25) is 0 Å². The van der Waals surface area contributed by atoms with Crippen molar-refractivity contribution in [2.75, 3.05) is 14.2 Å². The number of ether oxygens (including phenoxy) is 2. The first-order valence-electron chi connectivity index (χ1n) is 8.12. The van der Waals surface area contributed by atoms with E-state index in [1.54, 1.807) is 31.4 Å². The summed E-state index contributed by atoms with van der Waals surface area (Å²) in [6.07, 6.45) is 3.42. The molecule has 26 heavy (non-hydrogen) atoms. The molecule has 1 atom stereocenters. The lowest BCUT2D eigenvalue weighted by Crippen LogP contribution is -2.49. The van der Waals surface area contributed by atoms with Crippen molar-refractivity contribution in [2.45, 2.75) is 32.2 Å². The topological polar surface area (TPSA) is 78.9 Å². The first-order valence-corrected chi connectivity index (χ1v) is 9.35. The number of carboxylic acids is 1. The van der Waals surface area contributed by atoms with Crippen LogP contribution in [0.3, 0.4) is 0 Å². The van der Waals surface area contributed by atoms with E-state index >= 15 is 0 Å². The predicted octanol–water partition coefficient (Wildman–Crippen LogP) is 2.21. The van der Waals surface area contributed by atoms with Crippen LogP contribution in [0.5, 0.6) is 11.5 Å². The Morgan fingerprint density at radius 1 is 1.38 bits per heavy atom. The Balaban J connectivity index is 2.36. The fourth-order valence-electron chi connectivity index (χ4n) is 2.59. The third-order valence-corrected chi connectivity index (χ3v) is 5.29. The van der Waals surface area contributed by atoms with E-state index in [4.69, 9.17) is 21.7 Å². The predicted molar refractivity (Wildman–Crippen MR) is 103 cm³/mol. The number of hydrogen-bond donors (Lipinski definition) is 0. The average molecular weight is 394 g/mol. The molecule has 1 aromatic carbocycles. The molecule has 2 rings (SSSR count). The zero-order valence-corrected chi connectivity index (χ0v) is 16.4. The summed E-state index contributed by atoms with van der Waals surface area (Å²) in [6, 6.07) is 4.16. The highest BCUT2D eigenvalue weighted by molar-refractivity contribution is 8.26. The second kappa shape index (κ2) is 9.05. The first kappa shape index (κ1) is 20.3. The van der Waals surface area contributed by atoms with Gasteiger partial charge in [0, 0.05) is 5.56 Å². The summed E-state index contributed by atoms with van der Waals surface area (Å²) in [5.74, 6) is -0.549. The van der Waals surface area contributed by atoms with Crippen LogP contribution in [0.15, 0.2) is 23.1 Å². The summed E-state index contributed by atoms with van der Waals surface area (Å²) in [5.41, 5.74) is 0.644. The Morgan fingerprint density at radius 3 is 2.69 bits per heavy atom. The lowest BCUT2D eigenvalue weighted by Gasteiger charge is -2.27. The summed E-state index contributed by atoms with van der Waals surface area (Å²) in [5, 5.41) is 11.5. The molecule has 140 valence electrons. The van der Waals surface area contributed by atoms with Crippen LogP contribution in [-0.2, 0) is 9.59 Å². The molecule has 0 aliphatic carbocycles. The van der Waals surface area contributed by atoms with Gasteiger partial charge in [0.15, 0.2) is 0 Å². The van der Waals surface area contributed by atoms with Crippen LogP contribution >= 0.6 is 24.0 Å². The third kappa shape index (κ3) is 4.37. The molecule has 1 fully saturated rings. The van der Waals surface area contributed by atoms with Crippen molar-refractivity contribution in [2.24, 2.45) is 0 Å². The van der Waals surface area contributed by atoms with Gasteiger partial charge >= 0.3 is 0 Å². The fourth-order valence-corrected chi connectivity index (χ4v) is 3.94. The number of aliphatic carboxylic acids is 1. The zero-order chi connectivity index (χ0) is 19.3. The van der Waals surface area contributed by atoms with E-state index in [0.29, 0.717) is 34.8 Å². The van der Waals surface area contributed by atoms with Crippen molar-refractivity contribution in [3.05, 3.63) is 28.7 Å². The second-order valence-electron chi connectivity index (χ2n) is 5.64. The summed E-state index contributed by atoms with van der Waals surface area (Å²) < 4.78 is 10.7. The van der Waals surface area contributed by atoms with Crippen LogP contribution in [0.2, 0.25) is 0 Å². The molecular weight excluding hydrogens is 374 g/mol. The normalized spacial score (nSPS) is 16.9. The van der Waals surface area contributed by atoms with Crippen LogP contribution < -0.4 is 14.6 Å². The second-order valence-corrected chi connectivity index (χ2v) is 7.31. The van der Waals surface area contributed by atoms with E-state index in [1.807, 2.05) is 6.92 Å². The molecule has 1 saturated heterocycles. The van der Waals surface area contributed by atoms with Gasteiger partial charge in [0.1, 0.15) is 15.8 Å². The Bertz CT molecular complexity index is 747. The van der Waals surface area contributed by atoms with Gasteiger partial charge in [-0.25, -0.2) is 0 Å². The minimum Gasteiger partial charge on any atom is -0.548 e. The van der Waals surface area contributed by atoms with Gasteiger partial charge in [-0.2, -0.15) is 0 Å². The number of thioether (sulfide) groups is 1. The number of thiocarbonyl (C=S) groups is 1. The molecule has 0 bridgehead atoms. The van der Waals surface area contributed by atoms with Crippen LogP contribution in [0.1, 0.15) is 31.7 Å². The van der Waals surface area contributed by atoms with Crippen molar-refractivity contribution in [1.82, 2.24) is 4.90 Å². The Kier molecular flexibility index (Phi) is 7.05. The smallest absolute Gasteiger partial charge is 0.266 e. The van der Waals surface area contributed by atoms with E-state index < -0.39 is 17.9 Å². The van der Waals surface area contributed by atoms with E-state index in [0.717, 1.165) is 23.1 Å². The minimum absolute atomic E-state index is 0.216. The van der Waals surface area contributed by atoms with Gasteiger partial charge in [-0.05, 0) is 30.7 Å². The van der Waals surface area contributed by atoms with Crippen molar-refractivity contribution in [1.29, 1.82) is 0 Å². The zero-order valence-electron chi connectivity index (χ0n) is 14.8. The number of carboxylic acid groups (broad SMARTS) is 1. The van der Waals surface area contributed by atoms with Crippen LogP contribution in [0, 0.1) is 0 Å². The largest absolute Gasteiger partial charge is 0.548 e. The van der Waals surface area contributed by atoms with Gasteiger partial charge in [-0.3, -0.25) is 9.69 Å². The van der Waals surface area contributed by atoms with Gasteiger partial charge in [-0.15, -0.1) is 0 Å². The SMILES string of the molecule is CCCC[C@H](C(=O)[O-])N1C(=O)/C(=C/c2cc(OC)ccc2OC)SC1=S. The summed E-state index contributed by atoms with van der Waals surface area (Å²) in [6.45, 7) is 1.95. The number of rotatable bonds is 8. The van der Waals surface area contributed by atoms with Crippen molar-refractivity contribution < 1.29 is 24.2 Å². The number of methoxy groups -OCH3 is 2. The van der Waals surface area contributed by atoms with Gasteiger partial charge < -0.3 is 19.4 Å². The molecule has 8 heteroatoms. The number of unbranched alkanes of at least 4 members (excludes halogenated alkanes) is 1. The summed E-state index contributed by atoms with van der Waals surface area (Å²) >= 11 is 6.32. The van der Waals surface area contributed by atoms with E-state index in [9.17, 15) is 14.7 Å². The molecule has 0 spiro atoms. The lowest BCUT2D eigenvalue weighted by molar-refractivity contribution is -0.310. The average Bonchev–Trinajstić information content (AvgIpc) is 2.89. The molecule has 0 aromatic heterocycles. The maximum Gasteiger partial charge on any atom is 0.266 e. The van der Waals surface area contributed by atoms with Crippen LogP contribution in [0.25, 0.3) is 6.08 Å². The molecule has 0 unspecified atom stereocenters. The Labute approximate surface area is 162 Å². The van der Waals surface area contributed by atoms with Crippen molar-refractivity contribution in [3.8, 4) is 11.5 Å². The molecular formula is C18H20NO5S2-. The van der Waals surface area contributed by atoms with Crippen molar-refractivity contribution in [3.63, 3.8) is 0 Å². The van der Waals surface area contributed by atoms with Gasteiger partial charge in [0.25, 0.3) is 5.91 Å². The summed E-state index contributed by atoms with van der Waals surface area (Å²) in [7, 11) is 3.07. The molecule has 1 aliphatic heterocycles. The quantitative estimate of drug-likeness (QED) is 0.494. The van der Waals surface area contributed by atoms with Crippen molar-refractivity contribution >= 4 is 46.3 Å². The lowest BCUT2D eigenvalue weighted by atomic mass is 10.1. The Hall–Kier alpha value is -2.06. The van der Waals surface area contributed by atoms with E-state index in [2.05, 4.69) is 0 Å². The molecule has 1 aromatic rings. The number of benzene rings is 1. The van der Waals surface area contributed by atoms with Gasteiger partial charge in [0.05, 0.1) is 31.1 Å². The minimum atomic E-state index is -1.30. The monoisotopic (exact) mass is 394 g/mol. The van der Waals surface area contributed by atoms with E-state index in [-0.39, 0.29) is 4.32 Å². The molecule has 1 heterocycles. The molecule has 6 nitrogen and oxygen atoms in total. The highest BCUT2D eigenvalue weighted by atomic mass is 32.2. The number of amides is 1. The molecule has 1 amide bonds. The Morgan fingerprint density at radius 2 is 2.12 bits per heavy atom. The highest BCUT2D eigenvalue weighted by Gasteiger charge is 2.37. The summed E-state index contributed by atoms with van der Waals surface area (Å²) in [4.78, 5) is 25.8. The molecule has 1 aliphatic rings. The number of carbonyl (C=O) groups is 2. The van der Waals surface area contributed by atoms with Gasteiger partial charge in [-0.1, -0.05) is 43.7 Å². The van der Waals surface area contributed by atoms with Crippen LogP contribution in [-0.4, -0.2) is 41.4 Å². The van der Waals surface area contributed by atoms with Crippen LogP contribution in [0.4, 0.5) is 0 Å². The standard InChI is InChI=1S/C18H21NO5S2/c1-4-5-6-13(17(21)22)19-16(20)15(26-18(19)25)10-11-9-12(23-2)7-8-14(11)24-3/h7-10,13H,4-6H2,1-3H3,(H,21,22)/p-1/b15-10-/t13-/m1/s1.